The predicted molar refractivity (Wildman–Crippen MR) is 121 cm³/mol. The van der Waals surface area contributed by atoms with Crippen molar-refractivity contribution in [3.8, 4) is 0 Å². The Bertz CT molecular complexity index is 349. The van der Waals surface area contributed by atoms with Gasteiger partial charge >= 0.3 is 7.82 Å². The van der Waals surface area contributed by atoms with Crippen LogP contribution in [0, 0.1) is 0 Å². The molecule has 0 aliphatic heterocycles. The summed E-state index contributed by atoms with van der Waals surface area (Å²) in [6.07, 6.45) is 25.9. The van der Waals surface area contributed by atoms with Crippen molar-refractivity contribution in [2.24, 2.45) is 0 Å². The van der Waals surface area contributed by atoms with Crippen LogP contribution in [0.2, 0.25) is 0 Å². The zero-order valence-corrected chi connectivity index (χ0v) is 19.7. The molecular weight excluding hydrogens is 395 g/mol. The highest BCUT2D eigenvalue weighted by atomic mass is 35.5. The summed E-state index contributed by atoms with van der Waals surface area (Å²) < 4.78 is 14.9. The largest absolute Gasteiger partial charge is 0.469 e. The number of alkyl halides is 1. The van der Waals surface area contributed by atoms with Gasteiger partial charge in [-0.2, -0.15) is 0 Å². The molecule has 0 aromatic heterocycles. The summed E-state index contributed by atoms with van der Waals surface area (Å²) in [5, 5.41) is 0. The van der Waals surface area contributed by atoms with Gasteiger partial charge < -0.3 is 9.79 Å². The molecule has 0 aromatic carbocycles. The van der Waals surface area contributed by atoms with E-state index in [1.54, 1.807) is 0 Å². The number of rotatable bonds is 23. The van der Waals surface area contributed by atoms with Crippen LogP contribution in [0.15, 0.2) is 0 Å². The Balaban J connectivity index is 3.02. The third kappa shape index (κ3) is 26.4. The normalized spacial score (nSPS) is 12.0. The third-order valence-electron chi connectivity index (χ3n) is 5.29. The van der Waals surface area contributed by atoms with Crippen LogP contribution in [0.3, 0.4) is 0 Å². The summed E-state index contributed by atoms with van der Waals surface area (Å²) in [6, 6.07) is 0. The molecule has 170 valence electrons. The van der Waals surface area contributed by atoms with Gasteiger partial charge in [-0.15, -0.1) is 11.6 Å². The van der Waals surface area contributed by atoms with Crippen LogP contribution in [0.4, 0.5) is 0 Å². The van der Waals surface area contributed by atoms with E-state index in [1.807, 2.05) is 0 Å². The minimum absolute atomic E-state index is 0.166. The average Bonchev–Trinajstić information content (AvgIpc) is 2.65. The molecule has 0 saturated carbocycles. The molecule has 0 unspecified atom stereocenters. The zero-order chi connectivity index (χ0) is 20.8. The molecule has 0 aromatic rings. The van der Waals surface area contributed by atoms with Crippen LogP contribution in [0.25, 0.3) is 0 Å². The maximum atomic E-state index is 10.5. The lowest BCUT2D eigenvalue weighted by atomic mass is 10.0. The van der Waals surface area contributed by atoms with Crippen LogP contribution in [0.5, 0.6) is 0 Å². The Morgan fingerprint density at radius 2 is 0.750 bits per heavy atom. The molecule has 0 bridgehead atoms. The molecule has 0 aliphatic carbocycles. The van der Waals surface area contributed by atoms with E-state index in [0.29, 0.717) is 0 Å². The Hall–Kier alpha value is 0.400. The van der Waals surface area contributed by atoms with Gasteiger partial charge in [0.15, 0.2) is 0 Å². The average molecular weight is 441 g/mol. The number of halogens is 1. The molecule has 0 amide bonds. The van der Waals surface area contributed by atoms with E-state index < -0.39 is 7.82 Å². The highest BCUT2D eigenvalue weighted by Crippen LogP contribution is 2.35. The van der Waals surface area contributed by atoms with Crippen molar-refractivity contribution in [3.05, 3.63) is 0 Å². The molecule has 0 aliphatic rings. The number of hydrogen-bond acceptors (Lipinski definition) is 2. The SMILES string of the molecule is O=P(O)(O)OCCCCCCCCCCCCCCCCCCCCCCCl. The fraction of sp³-hybridized carbons (Fsp3) is 1.00. The van der Waals surface area contributed by atoms with Gasteiger partial charge in [-0.25, -0.2) is 4.57 Å². The highest BCUT2D eigenvalue weighted by Gasteiger charge is 2.12. The van der Waals surface area contributed by atoms with Crippen LogP contribution in [-0.2, 0) is 9.09 Å². The van der Waals surface area contributed by atoms with Gasteiger partial charge in [-0.05, 0) is 12.8 Å². The van der Waals surface area contributed by atoms with Crippen LogP contribution >= 0.6 is 19.4 Å². The lowest BCUT2D eigenvalue weighted by Gasteiger charge is -2.05. The molecule has 28 heavy (non-hydrogen) atoms. The number of unbranched alkanes of at least 4 members (excludes halogenated alkanes) is 19. The summed E-state index contributed by atoms with van der Waals surface area (Å²) >= 11 is 5.68. The molecule has 0 radical (unpaired) electrons. The standard InChI is InChI=1S/C22H46ClO4P/c23-21-19-17-15-13-11-9-7-5-3-1-2-4-6-8-10-12-14-16-18-20-22-27-28(24,25)26/h1-22H2,(H2,24,25,26). The van der Waals surface area contributed by atoms with E-state index in [-0.39, 0.29) is 6.61 Å². The molecule has 0 atom stereocenters. The fourth-order valence-electron chi connectivity index (χ4n) is 3.56. The molecule has 0 heterocycles. The van der Waals surface area contributed by atoms with Crippen molar-refractivity contribution in [1.82, 2.24) is 0 Å². The monoisotopic (exact) mass is 440 g/mol. The molecule has 0 spiro atoms. The number of hydrogen-bond donors (Lipinski definition) is 2. The zero-order valence-electron chi connectivity index (χ0n) is 18.1. The van der Waals surface area contributed by atoms with E-state index in [0.717, 1.165) is 25.1 Å². The number of phosphoric ester groups is 1. The van der Waals surface area contributed by atoms with Crippen molar-refractivity contribution in [2.45, 2.75) is 128 Å². The summed E-state index contributed by atoms with van der Waals surface area (Å²) in [6.45, 7) is 0.166. The fourth-order valence-corrected chi connectivity index (χ4v) is 4.12. The van der Waals surface area contributed by atoms with Gasteiger partial charge in [-0.1, -0.05) is 116 Å². The summed E-state index contributed by atoms with van der Waals surface area (Å²) in [5.74, 6) is 0.821. The van der Waals surface area contributed by atoms with E-state index in [9.17, 15) is 4.57 Å². The first-order valence-corrected chi connectivity index (χ1v) is 13.9. The van der Waals surface area contributed by atoms with E-state index in [1.165, 1.54) is 109 Å². The van der Waals surface area contributed by atoms with Gasteiger partial charge in [0.1, 0.15) is 0 Å². The second-order valence-electron chi connectivity index (χ2n) is 8.08. The molecule has 6 heteroatoms. The van der Waals surface area contributed by atoms with Crippen molar-refractivity contribution >= 4 is 19.4 Å². The highest BCUT2D eigenvalue weighted by molar-refractivity contribution is 7.46. The van der Waals surface area contributed by atoms with Gasteiger partial charge in [0, 0.05) is 5.88 Å². The first-order chi connectivity index (χ1) is 13.6. The smallest absolute Gasteiger partial charge is 0.303 e. The summed E-state index contributed by atoms with van der Waals surface area (Å²) in [4.78, 5) is 17.1. The van der Waals surface area contributed by atoms with Gasteiger partial charge in [0.2, 0.25) is 0 Å². The second kappa shape index (κ2) is 22.1. The van der Waals surface area contributed by atoms with E-state index >= 15 is 0 Å². The Kier molecular flexibility index (Phi) is 22.4. The van der Waals surface area contributed by atoms with E-state index in [4.69, 9.17) is 21.4 Å². The molecule has 0 saturated heterocycles. The van der Waals surface area contributed by atoms with Crippen molar-refractivity contribution < 1.29 is 18.9 Å². The van der Waals surface area contributed by atoms with Crippen molar-refractivity contribution in [2.75, 3.05) is 12.5 Å². The minimum atomic E-state index is -4.27. The van der Waals surface area contributed by atoms with Crippen LogP contribution < -0.4 is 0 Å². The van der Waals surface area contributed by atoms with Crippen LogP contribution in [-0.4, -0.2) is 22.3 Å². The van der Waals surface area contributed by atoms with Gasteiger partial charge in [0.25, 0.3) is 0 Å². The predicted octanol–water partition coefficient (Wildman–Crippen LogP) is 8.14. The second-order valence-corrected chi connectivity index (χ2v) is 9.70. The van der Waals surface area contributed by atoms with Gasteiger partial charge in [0.05, 0.1) is 6.61 Å². The third-order valence-corrected chi connectivity index (χ3v) is 6.07. The lowest BCUT2D eigenvalue weighted by Crippen LogP contribution is -1.92. The van der Waals surface area contributed by atoms with Crippen molar-refractivity contribution in [3.63, 3.8) is 0 Å². The Morgan fingerprint density at radius 1 is 0.500 bits per heavy atom. The quantitative estimate of drug-likeness (QED) is 0.0955. The van der Waals surface area contributed by atoms with Gasteiger partial charge in [-0.3, -0.25) is 4.52 Å². The first-order valence-electron chi connectivity index (χ1n) is 11.8. The lowest BCUT2D eigenvalue weighted by molar-refractivity contribution is 0.193. The summed E-state index contributed by atoms with van der Waals surface area (Å²) in [7, 11) is -4.27. The molecule has 4 nitrogen and oxygen atoms in total. The number of phosphoric acid groups is 1. The molecular formula is C22H46ClO4P. The molecule has 2 N–H and O–H groups in total. The maximum Gasteiger partial charge on any atom is 0.469 e. The summed E-state index contributed by atoms with van der Waals surface area (Å²) in [5.41, 5.74) is 0. The minimum Gasteiger partial charge on any atom is -0.303 e. The Labute approximate surface area is 179 Å². The van der Waals surface area contributed by atoms with Crippen molar-refractivity contribution in [1.29, 1.82) is 0 Å². The maximum absolute atomic E-state index is 10.5. The molecule has 0 fully saturated rings. The Morgan fingerprint density at radius 3 is 1.00 bits per heavy atom. The first kappa shape index (κ1) is 28.4. The topological polar surface area (TPSA) is 66.8 Å². The van der Waals surface area contributed by atoms with Crippen LogP contribution in [0.1, 0.15) is 128 Å². The van der Waals surface area contributed by atoms with E-state index in [2.05, 4.69) is 4.52 Å². The molecule has 0 rings (SSSR count).